The number of hydrogen-bond donors (Lipinski definition) is 2. The van der Waals surface area contributed by atoms with Crippen LogP contribution in [0.3, 0.4) is 0 Å². The second-order valence-electron chi connectivity index (χ2n) is 7.20. The number of H-pyrrole nitrogens is 1. The molecular weight excluding hydrogens is 338 g/mol. The van der Waals surface area contributed by atoms with Gasteiger partial charge < -0.3 is 20.4 Å². The van der Waals surface area contributed by atoms with Gasteiger partial charge in [-0.05, 0) is 35.7 Å². The number of fused-ring (bicyclic) bond motifs is 1. The molecule has 2 heterocycles. The first-order valence-corrected chi connectivity index (χ1v) is 9.38. The van der Waals surface area contributed by atoms with Gasteiger partial charge in [-0.1, -0.05) is 30.3 Å². The van der Waals surface area contributed by atoms with E-state index in [4.69, 9.17) is 10.5 Å². The molecule has 2 aromatic carbocycles. The minimum absolute atomic E-state index is 0.0320. The SMILES string of the molecule is COc1ccc([C@@H]2CN(C(=O)CCc3c[nH]c4ccccc34)C[C@H]2N)cc1. The molecule has 27 heavy (non-hydrogen) atoms. The molecule has 0 aliphatic carbocycles. The number of benzene rings is 2. The van der Waals surface area contributed by atoms with Gasteiger partial charge in [-0.3, -0.25) is 4.79 Å². The number of amides is 1. The zero-order valence-corrected chi connectivity index (χ0v) is 15.5. The van der Waals surface area contributed by atoms with Crippen LogP contribution in [0.5, 0.6) is 5.75 Å². The molecule has 5 nitrogen and oxygen atoms in total. The number of para-hydroxylation sites is 1. The number of methoxy groups -OCH3 is 1. The van der Waals surface area contributed by atoms with E-state index in [1.165, 1.54) is 10.9 Å². The Bertz CT molecular complexity index is 932. The van der Waals surface area contributed by atoms with Crippen LogP contribution in [0.25, 0.3) is 10.9 Å². The van der Waals surface area contributed by atoms with Gasteiger partial charge >= 0.3 is 0 Å². The fourth-order valence-electron chi connectivity index (χ4n) is 3.97. The van der Waals surface area contributed by atoms with E-state index in [9.17, 15) is 4.79 Å². The first-order chi connectivity index (χ1) is 13.2. The normalized spacial score (nSPS) is 19.6. The molecule has 1 saturated heterocycles. The minimum Gasteiger partial charge on any atom is -0.497 e. The third-order valence-corrected chi connectivity index (χ3v) is 5.54. The third-order valence-electron chi connectivity index (χ3n) is 5.54. The molecule has 1 amide bonds. The van der Waals surface area contributed by atoms with Gasteiger partial charge in [-0.25, -0.2) is 0 Å². The molecule has 1 aromatic heterocycles. The molecule has 4 rings (SSSR count). The molecule has 0 saturated carbocycles. The Hall–Kier alpha value is -2.79. The van der Waals surface area contributed by atoms with Crippen molar-refractivity contribution in [3.8, 4) is 5.75 Å². The average molecular weight is 363 g/mol. The van der Waals surface area contributed by atoms with Crippen molar-refractivity contribution in [1.29, 1.82) is 0 Å². The van der Waals surface area contributed by atoms with Crippen LogP contribution >= 0.6 is 0 Å². The summed E-state index contributed by atoms with van der Waals surface area (Å²) in [6.45, 7) is 1.30. The topological polar surface area (TPSA) is 71.3 Å². The lowest BCUT2D eigenvalue weighted by Crippen LogP contribution is -2.32. The molecule has 5 heteroatoms. The molecular formula is C22H25N3O2. The van der Waals surface area contributed by atoms with Crippen LogP contribution in [0, 0.1) is 0 Å². The Morgan fingerprint density at radius 1 is 1.19 bits per heavy atom. The van der Waals surface area contributed by atoms with Crippen molar-refractivity contribution in [2.24, 2.45) is 5.73 Å². The summed E-state index contributed by atoms with van der Waals surface area (Å²) < 4.78 is 5.22. The van der Waals surface area contributed by atoms with Gasteiger partial charge in [0.15, 0.2) is 0 Å². The maximum atomic E-state index is 12.7. The number of nitrogens with two attached hydrogens (primary N) is 1. The van der Waals surface area contributed by atoms with Crippen LogP contribution < -0.4 is 10.5 Å². The molecule has 3 N–H and O–H groups in total. The highest BCUT2D eigenvalue weighted by Gasteiger charge is 2.33. The van der Waals surface area contributed by atoms with Crippen LogP contribution in [0.2, 0.25) is 0 Å². The number of rotatable bonds is 5. The predicted octanol–water partition coefficient (Wildman–Crippen LogP) is 3.06. The number of aromatic nitrogens is 1. The Labute approximate surface area is 159 Å². The highest BCUT2D eigenvalue weighted by molar-refractivity contribution is 5.84. The number of carbonyl (C=O) groups is 1. The molecule has 1 aliphatic heterocycles. The summed E-state index contributed by atoms with van der Waals surface area (Å²) >= 11 is 0. The quantitative estimate of drug-likeness (QED) is 0.732. The maximum absolute atomic E-state index is 12.7. The summed E-state index contributed by atoms with van der Waals surface area (Å²) in [6.07, 6.45) is 3.25. The fourth-order valence-corrected chi connectivity index (χ4v) is 3.97. The summed E-state index contributed by atoms with van der Waals surface area (Å²) in [5.74, 6) is 1.18. The Morgan fingerprint density at radius 3 is 2.74 bits per heavy atom. The van der Waals surface area contributed by atoms with E-state index in [2.05, 4.69) is 17.1 Å². The second kappa shape index (κ2) is 7.45. The van der Waals surface area contributed by atoms with Gasteiger partial charge in [0.1, 0.15) is 5.75 Å². The van der Waals surface area contributed by atoms with E-state index in [-0.39, 0.29) is 17.9 Å². The molecule has 1 aliphatic rings. The van der Waals surface area contributed by atoms with Gasteiger partial charge in [-0.2, -0.15) is 0 Å². The smallest absolute Gasteiger partial charge is 0.222 e. The molecule has 140 valence electrons. The van der Waals surface area contributed by atoms with E-state index in [0.29, 0.717) is 19.5 Å². The lowest BCUT2D eigenvalue weighted by atomic mass is 9.95. The molecule has 0 radical (unpaired) electrons. The van der Waals surface area contributed by atoms with E-state index < -0.39 is 0 Å². The summed E-state index contributed by atoms with van der Waals surface area (Å²) in [4.78, 5) is 17.9. The number of carbonyl (C=O) groups excluding carboxylic acids is 1. The van der Waals surface area contributed by atoms with Gasteiger partial charge in [0, 0.05) is 48.6 Å². The number of aromatic amines is 1. The largest absolute Gasteiger partial charge is 0.497 e. The monoisotopic (exact) mass is 363 g/mol. The predicted molar refractivity (Wildman–Crippen MR) is 107 cm³/mol. The van der Waals surface area contributed by atoms with Crippen molar-refractivity contribution >= 4 is 16.8 Å². The highest BCUT2D eigenvalue weighted by atomic mass is 16.5. The lowest BCUT2D eigenvalue weighted by molar-refractivity contribution is -0.130. The first-order valence-electron chi connectivity index (χ1n) is 9.38. The Balaban J connectivity index is 1.39. The zero-order valence-electron chi connectivity index (χ0n) is 15.5. The number of nitrogens with zero attached hydrogens (tertiary/aromatic N) is 1. The van der Waals surface area contributed by atoms with Crippen LogP contribution in [0.1, 0.15) is 23.5 Å². The fraction of sp³-hybridized carbons (Fsp3) is 0.318. The van der Waals surface area contributed by atoms with E-state index in [1.54, 1.807) is 7.11 Å². The van der Waals surface area contributed by atoms with Gasteiger partial charge in [0.25, 0.3) is 0 Å². The Kier molecular flexibility index (Phi) is 4.86. The summed E-state index contributed by atoms with van der Waals surface area (Å²) in [6, 6.07) is 16.1. The van der Waals surface area contributed by atoms with Crippen molar-refractivity contribution in [3.05, 3.63) is 65.9 Å². The summed E-state index contributed by atoms with van der Waals surface area (Å²) in [5, 5.41) is 1.19. The van der Waals surface area contributed by atoms with E-state index in [0.717, 1.165) is 23.3 Å². The average Bonchev–Trinajstić information content (AvgIpc) is 3.30. The van der Waals surface area contributed by atoms with Crippen molar-refractivity contribution in [2.45, 2.75) is 24.8 Å². The number of aryl methyl sites for hydroxylation is 1. The minimum atomic E-state index is -0.0320. The van der Waals surface area contributed by atoms with Gasteiger partial charge in [0.05, 0.1) is 7.11 Å². The number of hydrogen-bond acceptors (Lipinski definition) is 3. The van der Waals surface area contributed by atoms with Crippen molar-refractivity contribution in [1.82, 2.24) is 9.88 Å². The number of nitrogens with one attached hydrogen (secondary N) is 1. The van der Waals surface area contributed by atoms with Crippen LogP contribution in [0.15, 0.2) is 54.7 Å². The molecule has 2 atom stereocenters. The van der Waals surface area contributed by atoms with Crippen LogP contribution in [-0.4, -0.2) is 42.0 Å². The first kappa shape index (κ1) is 17.6. The molecule has 3 aromatic rings. The second-order valence-corrected chi connectivity index (χ2v) is 7.20. The molecule has 0 spiro atoms. The van der Waals surface area contributed by atoms with Crippen molar-refractivity contribution in [3.63, 3.8) is 0 Å². The van der Waals surface area contributed by atoms with E-state index in [1.807, 2.05) is 47.5 Å². The van der Waals surface area contributed by atoms with Gasteiger partial charge in [0.2, 0.25) is 5.91 Å². The highest BCUT2D eigenvalue weighted by Crippen LogP contribution is 2.28. The van der Waals surface area contributed by atoms with Crippen LogP contribution in [0.4, 0.5) is 0 Å². The Morgan fingerprint density at radius 2 is 1.96 bits per heavy atom. The zero-order chi connectivity index (χ0) is 18.8. The lowest BCUT2D eigenvalue weighted by Gasteiger charge is -2.16. The number of ether oxygens (including phenoxy) is 1. The molecule has 1 fully saturated rings. The standard InChI is InChI=1S/C22H25N3O2/c1-27-17-9-6-15(7-10-17)19-13-25(14-20(19)23)22(26)11-8-16-12-24-21-5-3-2-4-18(16)21/h2-7,9-10,12,19-20,24H,8,11,13-14,23H2,1H3/t19-,20+/m0/s1. The molecule has 0 bridgehead atoms. The van der Waals surface area contributed by atoms with Crippen LogP contribution in [-0.2, 0) is 11.2 Å². The molecule has 0 unspecified atom stereocenters. The third kappa shape index (κ3) is 3.55. The van der Waals surface area contributed by atoms with Crippen molar-refractivity contribution < 1.29 is 9.53 Å². The summed E-state index contributed by atoms with van der Waals surface area (Å²) in [5.41, 5.74) is 9.81. The van der Waals surface area contributed by atoms with E-state index >= 15 is 0 Å². The van der Waals surface area contributed by atoms with Gasteiger partial charge in [-0.15, -0.1) is 0 Å². The number of likely N-dealkylation sites (tertiary alicyclic amines) is 1. The maximum Gasteiger partial charge on any atom is 0.222 e. The summed E-state index contributed by atoms with van der Waals surface area (Å²) in [7, 11) is 1.66. The van der Waals surface area contributed by atoms with Crippen molar-refractivity contribution in [2.75, 3.05) is 20.2 Å².